The molecule has 1 aromatic heterocycles. The van der Waals surface area contributed by atoms with Crippen molar-refractivity contribution in [3.63, 3.8) is 0 Å². The molecule has 3 rings (SSSR count). The molecule has 3 heterocycles. The zero-order valence-corrected chi connectivity index (χ0v) is 14.5. The lowest BCUT2D eigenvalue weighted by Gasteiger charge is -2.29. The number of rotatable bonds is 5. The van der Waals surface area contributed by atoms with Gasteiger partial charge in [-0.2, -0.15) is 5.10 Å². The molecule has 2 saturated heterocycles. The molecule has 126 valence electrons. The van der Waals surface area contributed by atoms with E-state index in [0.717, 1.165) is 19.4 Å². The van der Waals surface area contributed by atoms with Gasteiger partial charge in [-0.1, -0.05) is 0 Å². The highest BCUT2D eigenvalue weighted by atomic mass is 35.5. The molecule has 2 bridgehead atoms. The second kappa shape index (κ2) is 8.75. The number of nitrogens with zero attached hydrogens (tertiary/aromatic N) is 2. The molecular weight excluding hydrogens is 323 g/mol. The minimum atomic E-state index is 0. The van der Waals surface area contributed by atoms with Crippen LogP contribution in [0.1, 0.15) is 39.0 Å². The van der Waals surface area contributed by atoms with Crippen LogP contribution in [0, 0.1) is 5.92 Å². The van der Waals surface area contributed by atoms with Gasteiger partial charge in [0.15, 0.2) is 0 Å². The van der Waals surface area contributed by atoms with Crippen molar-refractivity contribution in [1.29, 1.82) is 0 Å². The van der Waals surface area contributed by atoms with Gasteiger partial charge in [-0.25, -0.2) is 0 Å². The number of fused-ring (bicyclic) bond motifs is 2. The fraction of sp³-hybridized carbons (Fsp3) is 0.733. The number of piperidine rings is 1. The molecule has 22 heavy (non-hydrogen) atoms. The minimum absolute atomic E-state index is 0. The molecule has 2 fully saturated rings. The van der Waals surface area contributed by atoms with Gasteiger partial charge in [0.1, 0.15) is 0 Å². The molecule has 0 aromatic carbocycles. The standard InChI is InChI=1S/C15H24N4O.2ClH/c1-11(10-19-6-2-5-16-19)17-15(20)9-12-7-13-3-4-14(8-12)18-13;;/h2,5-6,11-14,18H,3-4,7-10H2,1H3,(H,17,20);2*1H. The highest BCUT2D eigenvalue weighted by molar-refractivity contribution is 5.85. The number of carbonyl (C=O) groups is 1. The van der Waals surface area contributed by atoms with Crippen LogP contribution in [0.4, 0.5) is 0 Å². The van der Waals surface area contributed by atoms with Crippen LogP contribution in [0.5, 0.6) is 0 Å². The molecule has 7 heteroatoms. The summed E-state index contributed by atoms with van der Waals surface area (Å²) < 4.78 is 1.86. The van der Waals surface area contributed by atoms with E-state index >= 15 is 0 Å². The number of hydrogen-bond donors (Lipinski definition) is 2. The first-order valence-electron chi connectivity index (χ1n) is 7.72. The lowest BCUT2D eigenvalue weighted by molar-refractivity contribution is -0.123. The first-order chi connectivity index (χ1) is 9.69. The summed E-state index contributed by atoms with van der Waals surface area (Å²) in [5, 5.41) is 10.9. The number of nitrogens with one attached hydrogen (secondary N) is 2. The molecule has 1 aromatic rings. The van der Waals surface area contributed by atoms with Crippen LogP contribution < -0.4 is 10.6 Å². The summed E-state index contributed by atoms with van der Waals surface area (Å²) in [7, 11) is 0. The van der Waals surface area contributed by atoms with Crippen LogP contribution in [-0.4, -0.2) is 33.8 Å². The van der Waals surface area contributed by atoms with Crippen molar-refractivity contribution in [1.82, 2.24) is 20.4 Å². The third-order valence-corrected chi connectivity index (χ3v) is 4.47. The average Bonchev–Trinajstić information content (AvgIpc) is 2.99. The first kappa shape index (κ1) is 19.3. The molecule has 1 amide bonds. The maximum absolute atomic E-state index is 12.1. The van der Waals surface area contributed by atoms with E-state index in [9.17, 15) is 4.79 Å². The number of carbonyl (C=O) groups excluding carboxylic acids is 1. The van der Waals surface area contributed by atoms with E-state index < -0.39 is 0 Å². The third-order valence-electron chi connectivity index (χ3n) is 4.47. The molecule has 2 N–H and O–H groups in total. The Hall–Kier alpha value is -0.780. The molecular formula is C15H26Cl2N4O. The Morgan fingerprint density at radius 3 is 2.64 bits per heavy atom. The van der Waals surface area contributed by atoms with E-state index in [1.165, 1.54) is 12.8 Å². The van der Waals surface area contributed by atoms with Crippen molar-refractivity contribution in [3.05, 3.63) is 18.5 Å². The number of halogens is 2. The molecule has 0 spiro atoms. The predicted octanol–water partition coefficient (Wildman–Crippen LogP) is 2.15. The summed E-state index contributed by atoms with van der Waals surface area (Å²) in [5.74, 6) is 0.751. The van der Waals surface area contributed by atoms with Crippen molar-refractivity contribution < 1.29 is 4.79 Å². The van der Waals surface area contributed by atoms with Crippen LogP contribution in [0.3, 0.4) is 0 Å². The van der Waals surface area contributed by atoms with E-state index in [2.05, 4.69) is 15.7 Å². The first-order valence-corrected chi connectivity index (χ1v) is 7.72. The Kier molecular flexibility index (Phi) is 7.66. The Labute approximate surface area is 144 Å². The highest BCUT2D eigenvalue weighted by Gasteiger charge is 2.34. The Morgan fingerprint density at radius 1 is 1.36 bits per heavy atom. The number of aromatic nitrogens is 2. The summed E-state index contributed by atoms with van der Waals surface area (Å²) in [5.41, 5.74) is 0. The van der Waals surface area contributed by atoms with Crippen LogP contribution >= 0.6 is 24.8 Å². The molecule has 0 radical (unpaired) electrons. The summed E-state index contributed by atoms with van der Waals surface area (Å²) in [6.07, 6.45) is 9.27. The molecule has 2 aliphatic rings. The van der Waals surface area contributed by atoms with Gasteiger partial charge in [-0.3, -0.25) is 9.48 Å². The van der Waals surface area contributed by atoms with Gasteiger partial charge < -0.3 is 10.6 Å². The van der Waals surface area contributed by atoms with Crippen molar-refractivity contribution >= 4 is 30.7 Å². The lowest BCUT2D eigenvalue weighted by Crippen LogP contribution is -2.41. The van der Waals surface area contributed by atoms with Crippen LogP contribution in [0.25, 0.3) is 0 Å². The normalized spacial score (nSPS) is 27.4. The quantitative estimate of drug-likeness (QED) is 0.856. The number of hydrogen-bond acceptors (Lipinski definition) is 3. The summed E-state index contributed by atoms with van der Waals surface area (Å²) >= 11 is 0. The molecule has 0 saturated carbocycles. The van der Waals surface area contributed by atoms with Crippen molar-refractivity contribution in [2.45, 2.75) is 63.7 Å². The average molecular weight is 349 g/mol. The zero-order chi connectivity index (χ0) is 13.9. The Bertz CT molecular complexity index is 442. The SMILES string of the molecule is CC(Cn1cccn1)NC(=O)CC1CC2CCC(C1)N2.Cl.Cl. The van der Waals surface area contributed by atoms with Gasteiger partial charge in [0, 0.05) is 36.9 Å². The molecule has 3 unspecified atom stereocenters. The van der Waals surface area contributed by atoms with Crippen molar-refractivity contribution in [3.8, 4) is 0 Å². The second-order valence-corrected chi connectivity index (χ2v) is 6.38. The van der Waals surface area contributed by atoms with Crippen LogP contribution in [-0.2, 0) is 11.3 Å². The maximum Gasteiger partial charge on any atom is 0.220 e. The fourth-order valence-electron chi connectivity index (χ4n) is 3.67. The summed E-state index contributed by atoms with van der Waals surface area (Å²) in [6.45, 7) is 2.77. The fourth-order valence-corrected chi connectivity index (χ4v) is 3.67. The van der Waals surface area contributed by atoms with Crippen LogP contribution in [0.15, 0.2) is 18.5 Å². The third kappa shape index (κ3) is 5.14. The lowest BCUT2D eigenvalue weighted by atomic mass is 9.89. The number of amides is 1. The smallest absolute Gasteiger partial charge is 0.220 e. The van der Waals surface area contributed by atoms with E-state index in [1.807, 2.05) is 23.9 Å². The largest absolute Gasteiger partial charge is 0.352 e. The highest BCUT2D eigenvalue weighted by Crippen LogP contribution is 2.32. The molecule has 5 nitrogen and oxygen atoms in total. The Morgan fingerprint density at radius 2 is 2.05 bits per heavy atom. The second-order valence-electron chi connectivity index (χ2n) is 6.38. The predicted molar refractivity (Wildman–Crippen MR) is 91.6 cm³/mol. The molecule has 3 atom stereocenters. The Balaban J connectivity index is 0.00000121. The molecule has 2 aliphatic heterocycles. The summed E-state index contributed by atoms with van der Waals surface area (Å²) in [6, 6.07) is 3.35. The van der Waals surface area contributed by atoms with Gasteiger partial charge in [0.2, 0.25) is 5.91 Å². The van der Waals surface area contributed by atoms with E-state index in [4.69, 9.17) is 0 Å². The van der Waals surface area contributed by atoms with Crippen molar-refractivity contribution in [2.24, 2.45) is 5.92 Å². The summed E-state index contributed by atoms with van der Waals surface area (Å²) in [4.78, 5) is 12.1. The van der Waals surface area contributed by atoms with Gasteiger partial charge in [-0.05, 0) is 44.6 Å². The monoisotopic (exact) mass is 348 g/mol. The van der Waals surface area contributed by atoms with Gasteiger partial charge >= 0.3 is 0 Å². The van der Waals surface area contributed by atoms with E-state index in [1.54, 1.807) is 6.20 Å². The van der Waals surface area contributed by atoms with Gasteiger partial charge in [-0.15, -0.1) is 24.8 Å². The van der Waals surface area contributed by atoms with Crippen LogP contribution in [0.2, 0.25) is 0 Å². The van der Waals surface area contributed by atoms with Crippen molar-refractivity contribution in [2.75, 3.05) is 0 Å². The van der Waals surface area contributed by atoms with E-state index in [0.29, 0.717) is 24.4 Å². The topological polar surface area (TPSA) is 59.0 Å². The van der Waals surface area contributed by atoms with Gasteiger partial charge in [0.05, 0.1) is 6.54 Å². The zero-order valence-electron chi connectivity index (χ0n) is 12.9. The van der Waals surface area contributed by atoms with E-state index in [-0.39, 0.29) is 36.8 Å². The van der Waals surface area contributed by atoms with Gasteiger partial charge in [0.25, 0.3) is 0 Å². The minimum Gasteiger partial charge on any atom is -0.352 e. The molecule has 0 aliphatic carbocycles. The maximum atomic E-state index is 12.1.